The lowest BCUT2D eigenvalue weighted by Gasteiger charge is -2.06. The average Bonchev–Trinajstić information content (AvgIpc) is 2.62. The number of hydrogen-bond donors (Lipinski definition) is 2. The maximum absolute atomic E-state index is 12.8. The molecule has 2 amide bonds. The number of nitrogens with one attached hydrogen (secondary N) is 2. The maximum atomic E-state index is 12.8. The Morgan fingerprint density at radius 1 is 0.920 bits per heavy atom. The zero-order valence-electron chi connectivity index (χ0n) is 13.9. The summed E-state index contributed by atoms with van der Waals surface area (Å²) in [4.78, 5) is 23.4. The third-order valence-corrected chi connectivity index (χ3v) is 3.53. The van der Waals surface area contributed by atoms with E-state index in [-0.39, 0.29) is 30.6 Å². The fraction of sp³-hybridized carbons (Fsp3) is 0.200. The van der Waals surface area contributed by atoms with E-state index in [1.807, 2.05) is 30.3 Å². The molecule has 25 heavy (non-hydrogen) atoms. The summed E-state index contributed by atoms with van der Waals surface area (Å²) in [5.74, 6) is -0.637. The lowest BCUT2D eigenvalue weighted by molar-refractivity contribution is -0.121. The van der Waals surface area contributed by atoms with E-state index in [4.69, 9.17) is 0 Å². The molecule has 0 atom stereocenters. The zero-order valence-corrected chi connectivity index (χ0v) is 13.9. The van der Waals surface area contributed by atoms with Crippen LogP contribution in [0, 0.1) is 5.82 Å². The van der Waals surface area contributed by atoms with Gasteiger partial charge in [0.2, 0.25) is 11.8 Å². The summed E-state index contributed by atoms with van der Waals surface area (Å²) in [6.45, 7) is 0.757. The van der Waals surface area contributed by atoms with Gasteiger partial charge in [-0.05, 0) is 35.8 Å². The lowest BCUT2D eigenvalue weighted by Crippen LogP contribution is -2.31. The van der Waals surface area contributed by atoms with Crippen molar-refractivity contribution < 1.29 is 14.0 Å². The zero-order chi connectivity index (χ0) is 17.9. The van der Waals surface area contributed by atoms with E-state index in [1.54, 1.807) is 18.2 Å². The van der Waals surface area contributed by atoms with Gasteiger partial charge in [0.05, 0.1) is 0 Å². The first-order valence-corrected chi connectivity index (χ1v) is 8.15. The van der Waals surface area contributed by atoms with Gasteiger partial charge < -0.3 is 10.6 Å². The molecule has 4 nitrogen and oxygen atoms in total. The molecule has 0 saturated heterocycles. The predicted molar refractivity (Wildman–Crippen MR) is 96.2 cm³/mol. The molecular weight excluding hydrogens is 319 g/mol. The molecule has 0 spiro atoms. The van der Waals surface area contributed by atoms with Crippen molar-refractivity contribution in [2.45, 2.75) is 12.8 Å². The lowest BCUT2D eigenvalue weighted by atomic mass is 10.1. The highest BCUT2D eigenvalue weighted by Gasteiger charge is 2.02. The van der Waals surface area contributed by atoms with Crippen molar-refractivity contribution in [1.82, 2.24) is 10.6 Å². The highest BCUT2D eigenvalue weighted by molar-refractivity contribution is 5.92. The van der Waals surface area contributed by atoms with Gasteiger partial charge in [-0.1, -0.05) is 42.5 Å². The number of hydrogen-bond acceptors (Lipinski definition) is 2. The number of carbonyl (C=O) groups is 2. The fourth-order valence-electron chi connectivity index (χ4n) is 2.18. The van der Waals surface area contributed by atoms with Crippen molar-refractivity contribution in [2.24, 2.45) is 0 Å². The minimum Gasteiger partial charge on any atom is -0.356 e. The Bertz CT molecular complexity index is 712. The molecule has 5 heteroatoms. The first-order chi connectivity index (χ1) is 12.1. The van der Waals surface area contributed by atoms with E-state index < -0.39 is 0 Å². The fourth-order valence-corrected chi connectivity index (χ4v) is 2.18. The largest absolute Gasteiger partial charge is 0.356 e. The Morgan fingerprint density at radius 2 is 1.64 bits per heavy atom. The number of halogens is 1. The molecule has 0 bridgehead atoms. The number of rotatable bonds is 8. The van der Waals surface area contributed by atoms with Crippen molar-refractivity contribution in [1.29, 1.82) is 0 Å². The van der Waals surface area contributed by atoms with Crippen LogP contribution in [0.1, 0.15) is 17.5 Å². The Morgan fingerprint density at radius 3 is 2.36 bits per heavy atom. The summed E-state index contributed by atoms with van der Waals surface area (Å²) >= 11 is 0. The smallest absolute Gasteiger partial charge is 0.244 e. The van der Waals surface area contributed by atoms with Crippen LogP contribution in [0.25, 0.3) is 6.08 Å². The molecule has 130 valence electrons. The minimum absolute atomic E-state index is 0.130. The number of amides is 2. The van der Waals surface area contributed by atoms with Gasteiger partial charge in [-0.3, -0.25) is 9.59 Å². The summed E-state index contributed by atoms with van der Waals surface area (Å²) in [5.41, 5.74) is 1.90. The number of benzene rings is 2. The first kappa shape index (κ1) is 18.4. The summed E-state index contributed by atoms with van der Waals surface area (Å²) in [6.07, 6.45) is 4.02. The van der Waals surface area contributed by atoms with Gasteiger partial charge in [-0.25, -0.2) is 4.39 Å². The summed E-state index contributed by atoms with van der Waals surface area (Å²) in [7, 11) is 0. The molecule has 0 aromatic heterocycles. The quantitative estimate of drug-likeness (QED) is 0.726. The van der Waals surface area contributed by atoms with Gasteiger partial charge in [0.25, 0.3) is 0 Å². The van der Waals surface area contributed by atoms with E-state index >= 15 is 0 Å². The number of carbonyl (C=O) groups excluding carboxylic acids is 2. The van der Waals surface area contributed by atoms with Crippen molar-refractivity contribution in [3.05, 3.63) is 77.6 Å². The molecular formula is C20H21FN2O2. The van der Waals surface area contributed by atoms with Crippen LogP contribution in [0.4, 0.5) is 4.39 Å². The molecule has 2 N–H and O–H groups in total. The Hall–Kier alpha value is -2.95. The van der Waals surface area contributed by atoms with Crippen molar-refractivity contribution in [3.8, 4) is 0 Å². The topological polar surface area (TPSA) is 58.2 Å². The van der Waals surface area contributed by atoms with Crippen molar-refractivity contribution in [2.75, 3.05) is 13.1 Å². The van der Waals surface area contributed by atoms with Gasteiger partial charge in [0.1, 0.15) is 5.82 Å². The monoisotopic (exact) mass is 340 g/mol. The Labute approximate surface area is 146 Å². The van der Waals surface area contributed by atoms with Gasteiger partial charge >= 0.3 is 0 Å². The second-order valence-corrected chi connectivity index (χ2v) is 5.51. The van der Waals surface area contributed by atoms with E-state index in [2.05, 4.69) is 10.6 Å². The van der Waals surface area contributed by atoms with E-state index in [9.17, 15) is 14.0 Å². The van der Waals surface area contributed by atoms with Gasteiger partial charge in [0.15, 0.2) is 0 Å². The maximum Gasteiger partial charge on any atom is 0.244 e. The standard InChI is InChI=1S/C20H21FN2O2/c21-18-9-6-17(7-10-18)12-14-22-20(25)13-15-23-19(24)11-8-16-4-2-1-3-5-16/h1-11H,12-15H2,(H,22,25)(H,23,24)/b11-8+. The molecule has 0 aliphatic carbocycles. The Kier molecular flexibility index (Phi) is 7.38. The molecule has 0 radical (unpaired) electrons. The normalized spacial score (nSPS) is 10.6. The molecule has 0 aliphatic rings. The van der Waals surface area contributed by atoms with E-state index in [0.717, 1.165) is 11.1 Å². The Balaban J connectivity index is 1.59. The molecule has 0 unspecified atom stereocenters. The van der Waals surface area contributed by atoms with Gasteiger partial charge in [0, 0.05) is 25.6 Å². The second-order valence-electron chi connectivity index (χ2n) is 5.51. The molecule has 0 saturated carbocycles. The average molecular weight is 340 g/mol. The molecule has 2 aromatic rings. The van der Waals surface area contributed by atoms with Crippen LogP contribution in [-0.4, -0.2) is 24.9 Å². The predicted octanol–water partition coefficient (Wildman–Crippen LogP) is 2.70. The molecule has 2 rings (SSSR count). The SMILES string of the molecule is O=C(/C=C/c1ccccc1)NCCC(=O)NCCc1ccc(F)cc1. The van der Waals surface area contributed by atoms with Gasteiger partial charge in [-0.15, -0.1) is 0 Å². The van der Waals surface area contributed by atoms with Crippen LogP contribution in [0.15, 0.2) is 60.7 Å². The summed E-state index contributed by atoms with van der Waals surface area (Å²) in [6, 6.07) is 15.7. The van der Waals surface area contributed by atoms with Crippen molar-refractivity contribution in [3.63, 3.8) is 0 Å². The van der Waals surface area contributed by atoms with Crippen LogP contribution >= 0.6 is 0 Å². The molecule has 0 fully saturated rings. The third-order valence-electron chi connectivity index (χ3n) is 3.53. The first-order valence-electron chi connectivity index (χ1n) is 8.15. The molecule has 2 aromatic carbocycles. The van der Waals surface area contributed by atoms with Crippen LogP contribution < -0.4 is 10.6 Å². The summed E-state index contributed by atoms with van der Waals surface area (Å²) < 4.78 is 12.8. The minimum atomic E-state index is -0.273. The van der Waals surface area contributed by atoms with Crippen molar-refractivity contribution >= 4 is 17.9 Å². The van der Waals surface area contributed by atoms with E-state index in [1.165, 1.54) is 18.2 Å². The van der Waals surface area contributed by atoms with Crippen LogP contribution in [0.3, 0.4) is 0 Å². The van der Waals surface area contributed by atoms with E-state index in [0.29, 0.717) is 13.0 Å². The highest BCUT2D eigenvalue weighted by Crippen LogP contribution is 2.03. The van der Waals surface area contributed by atoms with Gasteiger partial charge in [-0.2, -0.15) is 0 Å². The third kappa shape index (κ3) is 7.44. The van der Waals surface area contributed by atoms with Crippen LogP contribution in [-0.2, 0) is 16.0 Å². The van der Waals surface area contributed by atoms with Crippen LogP contribution in [0.5, 0.6) is 0 Å². The molecule has 0 heterocycles. The summed E-state index contributed by atoms with van der Waals surface area (Å²) in [5, 5.41) is 5.45. The highest BCUT2D eigenvalue weighted by atomic mass is 19.1. The van der Waals surface area contributed by atoms with Crippen LogP contribution in [0.2, 0.25) is 0 Å². The molecule has 0 aliphatic heterocycles. The second kappa shape index (κ2) is 10.0.